The maximum absolute atomic E-state index is 13.8. The number of hydrogen-bond donors (Lipinski definition) is 0. The highest BCUT2D eigenvalue weighted by atomic mass is 19.1. The summed E-state index contributed by atoms with van der Waals surface area (Å²) in [5.74, 6) is -1.82. The van der Waals surface area contributed by atoms with Crippen LogP contribution < -0.4 is 4.90 Å². The van der Waals surface area contributed by atoms with Gasteiger partial charge in [-0.2, -0.15) is 0 Å². The van der Waals surface area contributed by atoms with E-state index in [-0.39, 0.29) is 17.9 Å². The number of ether oxygens (including phenoxy) is 1. The van der Waals surface area contributed by atoms with E-state index in [2.05, 4.69) is 5.16 Å². The summed E-state index contributed by atoms with van der Waals surface area (Å²) >= 11 is 0. The van der Waals surface area contributed by atoms with Gasteiger partial charge in [0.05, 0.1) is 11.1 Å². The fourth-order valence-corrected chi connectivity index (χ4v) is 2.33. The molecule has 0 aliphatic heterocycles. The van der Waals surface area contributed by atoms with E-state index < -0.39 is 17.6 Å². The van der Waals surface area contributed by atoms with E-state index in [1.54, 1.807) is 18.2 Å². The second-order valence-electron chi connectivity index (χ2n) is 5.83. The molecule has 5 nitrogen and oxygen atoms in total. The van der Waals surface area contributed by atoms with Crippen molar-refractivity contribution in [1.82, 2.24) is 5.16 Å². The van der Waals surface area contributed by atoms with E-state index in [0.717, 1.165) is 17.8 Å². The van der Waals surface area contributed by atoms with Crippen LogP contribution in [0.1, 0.15) is 16.1 Å². The van der Waals surface area contributed by atoms with Gasteiger partial charge in [-0.3, -0.25) is 0 Å². The highest BCUT2D eigenvalue weighted by Gasteiger charge is 2.14. The number of carbonyl (C=O) groups excluding carboxylic acids is 1. The van der Waals surface area contributed by atoms with Gasteiger partial charge in [-0.15, -0.1) is 0 Å². The normalized spacial score (nSPS) is 10.6. The average molecular weight is 358 g/mol. The molecule has 1 aromatic heterocycles. The van der Waals surface area contributed by atoms with Crippen LogP contribution >= 0.6 is 0 Å². The fraction of sp³-hybridized carbons (Fsp3) is 0.158. The van der Waals surface area contributed by atoms with Crippen LogP contribution in [0, 0.1) is 11.6 Å². The van der Waals surface area contributed by atoms with E-state index in [0.29, 0.717) is 11.3 Å². The molecule has 0 atom stereocenters. The van der Waals surface area contributed by atoms with Crippen molar-refractivity contribution in [3.05, 3.63) is 71.4 Å². The Morgan fingerprint density at radius 2 is 1.96 bits per heavy atom. The summed E-state index contributed by atoms with van der Waals surface area (Å²) in [7, 11) is 3.74. The van der Waals surface area contributed by atoms with Crippen LogP contribution in [0.3, 0.4) is 0 Å². The first-order valence-corrected chi connectivity index (χ1v) is 7.79. The van der Waals surface area contributed by atoms with Gasteiger partial charge in [0.15, 0.2) is 5.76 Å². The molecular weight excluding hydrogens is 342 g/mol. The molecule has 3 aromatic rings. The van der Waals surface area contributed by atoms with Crippen molar-refractivity contribution in [3.8, 4) is 11.3 Å². The third kappa shape index (κ3) is 3.88. The lowest BCUT2D eigenvalue weighted by Crippen LogP contribution is -2.11. The number of halogens is 2. The molecule has 3 rings (SSSR count). The molecule has 0 aliphatic carbocycles. The van der Waals surface area contributed by atoms with E-state index in [1.807, 2.05) is 25.1 Å². The van der Waals surface area contributed by atoms with Gasteiger partial charge in [-0.05, 0) is 30.3 Å². The lowest BCUT2D eigenvalue weighted by atomic mass is 10.1. The number of carbonyl (C=O) groups is 1. The van der Waals surface area contributed by atoms with Gasteiger partial charge in [0.25, 0.3) is 0 Å². The highest BCUT2D eigenvalue weighted by Crippen LogP contribution is 2.24. The molecule has 0 radical (unpaired) electrons. The average Bonchev–Trinajstić information content (AvgIpc) is 3.08. The standard InChI is InChI=1S/C19H16F2N2O3/c1-23(2)15-5-3-4-12(8-15)19(24)25-11-14-10-18(26-22-14)16-7-6-13(20)9-17(16)21/h3-10H,11H2,1-2H3. The number of anilines is 1. The summed E-state index contributed by atoms with van der Waals surface area (Å²) in [6.45, 7) is -0.128. The van der Waals surface area contributed by atoms with Crippen molar-refractivity contribution in [2.75, 3.05) is 19.0 Å². The van der Waals surface area contributed by atoms with Gasteiger partial charge in [0.1, 0.15) is 23.9 Å². The largest absolute Gasteiger partial charge is 0.455 e. The molecule has 0 saturated carbocycles. The number of aromatic nitrogens is 1. The number of rotatable bonds is 5. The fourth-order valence-electron chi connectivity index (χ4n) is 2.33. The van der Waals surface area contributed by atoms with Crippen LogP contribution in [0.25, 0.3) is 11.3 Å². The number of hydrogen-bond acceptors (Lipinski definition) is 5. The van der Waals surface area contributed by atoms with Crippen molar-refractivity contribution in [2.45, 2.75) is 6.61 Å². The molecule has 0 unspecified atom stereocenters. The van der Waals surface area contributed by atoms with Crippen molar-refractivity contribution in [2.24, 2.45) is 0 Å². The predicted octanol–water partition coefficient (Wildman–Crippen LogP) is 4.04. The second-order valence-corrected chi connectivity index (χ2v) is 5.83. The van der Waals surface area contributed by atoms with Gasteiger partial charge >= 0.3 is 5.97 Å². The van der Waals surface area contributed by atoms with E-state index in [1.165, 1.54) is 12.1 Å². The summed E-state index contributed by atoms with van der Waals surface area (Å²) in [5, 5.41) is 3.75. The summed E-state index contributed by atoms with van der Waals surface area (Å²) < 4.78 is 37.0. The molecule has 7 heteroatoms. The van der Waals surface area contributed by atoms with E-state index in [4.69, 9.17) is 9.26 Å². The Morgan fingerprint density at radius 3 is 2.69 bits per heavy atom. The minimum absolute atomic E-state index is 0.0789. The lowest BCUT2D eigenvalue weighted by Gasteiger charge is -2.13. The molecule has 0 spiro atoms. The van der Waals surface area contributed by atoms with Crippen LogP contribution in [-0.4, -0.2) is 25.2 Å². The van der Waals surface area contributed by atoms with Crippen LogP contribution in [0.2, 0.25) is 0 Å². The molecule has 2 aromatic carbocycles. The van der Waals surface area contributed by atoms with Gasteiger partial charge in [0, 0.05) is 31.9 Å². The monoisotopic (exact) mass is 358 g/mol. The molecule has 0 N–H and O–H groups in total. The molecule has 0 bridgehead atoms. The Hall–Kier alpha value is -3.22. The minimum atomic E-state index is -0.759. The van der Waals surface area contributed by atoms with Crippen LogP contribution in [0.5, 0.6) is 0 Å². The van der Waals surface area contributed by atoms with Gasteiger partial charge in [0.2, 0.25) is 0 Å². The van der Waals surface area contributed by atoms with Crippen LogP contribution in [-0.2, 0) is 11.3 Å². The summed E-state index contributed by atoms with van der Waals surface area (Å²) in [4.78, 5) is 14.0. The van der Waals surface area contributed by atoms with E-state index in [9.17, 15) is 13.6 Å². The Morgan fingerprint density at radius 1 is 1.15 bits per heavy atom. The number of benzene rings is 2. The Bertz CT molecular complexity index is 938. The zero-order valence-corrected chi connectivity index (χ0v) is 14.2. The third-order valence-electron chi connectivity index (χ3n) is 3.70. The van der Waals surface area contributed by atoms with Crippen LogP contribution in [0.15, 0.2) is 53.1 Å². The molecule has 0 saturated heterocycles. The van der Waals surface area contributed by atoms with Gasteiger partial charge in [-0.25, -0.2) is 13.6 Å². The molecule has 0 amide bonds. The quantitative estimate of drug-likeness (QED) is 0.644. The molecule has 26 heavy (non-hydrogen) atoms. The van der Waals surface area contributed by atoms with Crippen molar-refractivity contribution in [3.63, 3.8) is 0 Å². The van der Waals surface area contributed by atoms with Gasteiger partial charge in [-0.1, -0.05) is 11.2 Å². The third-order valence-corrected chi connectivity index (χ3v) is 3.70. The smallest absolute Gasteiger partial charge is 0.338 e. The number of nitrogens with zero attached hydrogens (tertiary/aromatic N) is 2. The second kappa shape index (κ2) is 7.35. The van der Waals surface area contributed by atoms with E-state index >= 15 is 0 Å². The first-order chi connectivity index (χ1) is 12.4. The molecule has 0 aliphatic rings. The molecule has 0 fully saturated rings. The summed E-state index contributed by atoms with van der Waals surface area (Å²) in [6.07, 6.45) is 0. The minimum Gasteiger partial charge on any atom is -0.455 e. The Labute approximate surface area is 148 Å². The maximum atomic E-state index is 13.8. The van der Waals surface area contributed by atoms with Crippen LogP contribution in [0.4, 0.5) is 14.5 Å². The molecular formula is C19H16F2N2O3. The zero-order chi connectivity index (χ0) is 18.7. The molecule has 134 valence electrons. The SMILES string of the molecule is CN(C)c1cccc(C(=O)OCc2cc(-c3ccc(F)cc3F)on2)c1. The van der Waals surface area contributed by atoms with Crippen molar-refractivity contribution >= 4 is 11.7 Å². The first kappa shape index (κ1) is 17.6. The Kier molecular flexibility index (Phi) is 4.97. The lowest BCUT2D eigenvalue weighted by molar-refractivity contribution is 0.0464. The Balaban J connectivity index is 1.68. The zero-order valence-electron chi connectivity index (χ0n) is 14.2. The molecule has 1 heterocycles. The first-order valence-electron chi connectivity index (χ1n) is 7.79. The highest BCUT2D eigenvalue weighted by molar-refractivity contribution is 5.90. The van der Waals surface area contributed by atoms with Gasteiger partial charge < -0.3 is 14.2 Å². The maximum Gasteiger partial charge on any atom is 0.338 e. The predicted molar refractivity (Wildman–Crippen MR) is 91.7 cm³/mol. The van der Waals surface area contributed by atoms with Crippen molar-refractivity contribution in [1.29, 1.82) is 0 Å². The summed E-state index contributed by atoms with van der Waals surface area (Å²) in [6, 6.07) is 11.6. The topological polar surface area (TPSA) is 55.6 Å². The number of esters is 1. The summed E-state index contributed by atoms with van der Waals surface area (Å²) in [5.41, 5.74) is 1.68. The van der Waals surface area contributed by atoms with Crippen molar-refractivity contribution < 1.29 is 22.8 Å².